The summed E-state index contributed by atoms with van der Waals surface area (Å²) in [5, 5.41) is 6.14. The van der Waals surface area contributed by atoms with E-state index in [1.807, 2.05) is 6.92 Å². The molecule has 1 aromatic heterocycles. The van der Waals surface area contributed by atoms with Crippen LogP contribution in [0, 0.1) is 18.6 Å². The molecule has 0 saturated heterocycles. The summed E-state index contributed by atoms with van der Waals surface area (Å²) < 4.78 is 26.1. The van der Waals surface area contributed by atoms with E-state index in [0.717, 1.165) is 36.5 Å². The molecule has 1 heterocycles. The standard InChI is InChI=1S/C14H16F2N4/c1-3-6-17-13-9(2)14(19-8-18-13)20-10-4-5-11(15)12(16)7-10/h4-5,7-8H,3,6H2,1-2H3,(H2,17,18,19,20). The Kier molecular flexibility index (Phi) is 4.45. The molecule has 0 atom stereocenters. The molecule has 0 aliphatic heterocycles. The number of benzene rings is 1. The van der Waals surface area contributed by atoms with E-state index in [-0.39, 0.29) is 0 Å². The maximum absolute atomic E-state index is 13.2. The fourth-order valence-corrected chi connectivity index (χ4v) is 1.71. The molecule has 0 amide bonds. The minimum atomic E-state index is -0.897. The van der Waals surface area contributed by atoms with Crippen LogP contribution in [0.15, 0.2) is 24.5 Å². The molecule has 0 spiro atoms. The number of hydrogen-bond donors (Lipinski definition) is 2. The van der Waals surface area contributed by atoms with E-state index in [9.17, 15) is 8.78 Å². The third-order valence-electron chi connectivity index (χ3n) is 2.81. The molecule has 20 heavy (non-hydrogen) atoms. The van der Waals surface area contributed by atoms with Crippen LogP contribution >= 0.6 is 0 Å². The van der Waals surface area contributed by atoms with Gasteiger partial charge in [0, 0.05) is 23.9 Å². The van der Waals surface area contributed by atoms with Crippen molar-refractivity contribution in [3.8, 4) is 0 Å². The molecule has 0 fully saturated rings. The Morgan fingerprint density at radius 3 is 2.55 bits per heavy atom. The van der Waals surface area contributed by atoms with Gasteiger partial charge >= 0.3 is 0 Å². The zero-order valence-electron chi connectivity index (χ0n) is 11.4. The maximum Gasteiger partial charge on any atom is 0.160 e. The molecule has 0 bridgehead atoms. The molecule has 0 unspecified atom stereocenters. The zero-order chi connectivity index (χ0) is 14.5. The Labute approximate surface area is 116 Å². The van der Waals surface area contributed by atoms with Crippen molar-refractivity contribution in [3.05, 3.63) is 41.7 Å². The Morgan fingerprint density at radius 2 is 1.85 bits per heavy atom. The smallest absolute Gasteiger partial charge is 0.160 e. The summed E-state index contributed by atoms with van der Waals surface area (Å²) in [6, 6.07) is 3.62. The van der Waals surface area contributed by atoms with E-state index < -0.39 is 11.6 Å². The monoisotopic (exact) mass is 278 g/mol. The van der Waals surface area contributed by atoms with Crippen LogP contribution in [-0.2, 0) is 0 Å². The second kappa shape index (κ2) is 6.27. The van der Waals surface area contributed by atoms with Gasteiger partial charge in [0.25, 0.3) is 0 Å². The molecular formula is C14H16F2N4. The van der Waals surface area contributed by atoms with Crippen molar-refractivity contribution in [3.63, 3.8) is 0 Å². The summed E-state index contributed by atoms with van der Waals surface area (Å²) in [5.41, 5.74) is 1.26. The van der Waals surface area contributed by atoms with Crippen LogP contribution in [0.1, 0.15) is 18.9 Å². The highest BCUT2D eigenvalue weighted by Crippen LogP contribution is 2.23. The van der Waals surface area contributed by atoms with Gasteiger partial charge in [0.05, 0.1) is 0 Å². The third-order valence-corrected chi connectivity index (χ3v) is 2.81. The van der Waals surface area contributed by atoms with Crippen LogP contribution in [0.25, 0.3) is 0 Å². The van der Waals surface area contributed by atoms with Gasteiger partial charge < -0.3 is 10.6 Å². The molecular weight excluding hydrogens is 262 g/mol. The van der Waals surface area contributed by atoms with Gasteiger partial charge in [-0.1, -0.05) is 6.92 Å². The van der Waals surface area contributed by atoms with Crippen LogP contribution in [0.3, 0.4) is 0 Å². The first-order valence-electron chi connectivity index (χ1n) is 6.39. The van der Waals surface area contributed by atoms with Crippen LogP contribution in [0.4, 0.5) is 26.1 Å². The summed E-state index contributed by atoms with van der Waals surface area (Å²) in [6.45, 7) is 4.73. The fraction of sp³-hybridized carbons (Fsp3) is 0.286. The average Bonchev–Trinajstić information content (AvgIpc) is 2.44. The lowest BCUT2D eigenvalue weighted by atomic mass is 10.2. The van der Waals surface area contributed by atoms with Crippen molar-refractivity contribution >= 4 is 17.3 Å². The second-order valence-corrected chi connectivity index (χ2v) is 4.38. The Bertz CT molecular complexity index is 602. The lowest BCUT2D eigenvalue weighted by Gasteiger charge is -2.12. The topological polar surface area (TPSA) is 49.8 Å². The van der Waals surface area contributed by atoms with Gasteiger partial charge in [-0.25, -0.2) is 18.7 Å². The molecule has 2 N–H and O–H groups in total. The van der Waals surface area contributed by atoms with E-state index in [2.05, 4.69) is 27.5 Å². The summed E-state index contributed by atoms with van der Waals surface area (Å²) in [6.07, 6.45) is 2.41. The van der Waals surface area contributed by atoms with Crippen LogP contribution in [0.5, 0.6) is 0 Å². The predicted octanol–water partition coefficient (Wildman–Crippen LogP) is 3.63. The number of nitrogens with zero attached hydrogens (tertiary/aromatic N) is 2. The number of halogens is 2. The predicted molar refractivity (Wildman–Crippen MR) is 75.2 cm³/mol. The highest BCUT2D eigenvalue weighted by atomic mass is 19.2. The van der Waals surface area contributed by atoms with Crippen molar-refractivity contribution < 1.29 is 8.78 Å². The first-order chi connectivity index (χ1) is 9.61. The fourth-order valence-electron chi connectivity index (χ4n) is 1.71. The summed E-state index contributed by atoms with van der Waals surface area (Å²) >= 11 is 0. The van der Waals surface area contributed by atoms with Crippen molar-refractivity contribution in [2.75, 3.05) is 17.2 Å². The summed E-state index contributed by atoms with van der Waals surface area (Å²) in [5.74, 6) is -0.483. The highest BCUT2D eigenvalue weighted by Gasteiger charge is 2.08. The van der Waals surface area contributed by atoms with Gasteiger partial charge in [-0.05, 0) is 25.5 Å². The normalized spacial score (nSPS) is 10.4. The second-order valence-electron chi connectivity index (χ2n) is 4.38. The quantitative estimate of drug-likeness (QED) is 0.877. The molecule has 4 nitrogen and oxygen atoms in total. The Balaban J connectivity index is 2.22. The first kappa shape index (κ1) is 14.2. The largest absolute Gasteiger partial charge is 0.370 e. The Hall–Kier alpha value is -2.24. The van der Waals surface area contributed by atoms with Crippen LogP contribution in [0.2, 0.25) is 0 Å². The van der Waals surface area contributed by atoms with Gasteiger partial charge in [-0.2, -0.15) is 0 Å². The maximum atomic E-state index is 13.2. The van der Waals surface area contributed by atoms with Crippen molar-refractivity contribution in [1.29, 1.82) is 0 Å². The molecule has 1 aromatic carbocycles. The van der Waals surface area contributed by atoms with Crippen molar-refractivity contribution in [2.45, 2.75) is 20.3 Å². The average molecular weight is 278 g/mol. The van der Waals surface area contributed by atoms with Gasteiger partial charge in [0.2, 0.25) is 0 Å². The third kappa shape index (κ3) is 3.20. The van der Waals surface area contributed by atoms with Gasteiger partial charge in [-0.15, -0.1) is 0 Å². The molecule has 2 aromatic rings. The summed E-state index contributed by atoms with van der Waals surface area (Å²) in [4.78, 5) is 8.27. The van der Waals surface area contributed by atoms with E-state index >= 15 is 0 Å². The zero-order valence-corrected chi connectivity index (χ0v) is 11.4. The van der Waals surface area contributed by atoms with Gasteiger partial charge in [0.15, 0.2) is 11.6 Å². The van der Waals surface area contributed by atoms with E-state index in [1.165, 1.54) is 12.4 Å². The molecule has 0 saturated carbocycles. The molecule has 2 rings (SSSR count). The molecule has 0 aliphatic rings. The minimum Gasteiger partial charge on any atom is -0.370 e. The highest BCUT2D eigenvalue weighted by molar-refractivity contribution is 5.64. The number of aromatic nitrogens is 2. The summed E-state index contributed by atoms with van der Waals surface area (Å²) in [7, 11) is 0. The lowest BCUT2D eigenvalue weighted by Crippen LogP contribution is -2.07. The SMILES string of the molecule is CCCNc1ncnc(Nc2ccc(F)c(F)c2)c1C. The number of nitrogens with one attached hydrogen (secondary N) is 2. The molecule has 6 heteroatoms. The van der Waals surface area contributed by atoms with Gasteiger partial charge in [0.1, 0.15) is 18.0 Å². The lowest BCUT2D eigenvalue weighted by molar-refractivity contribution is 0.509. The minimum absolute atomic E-state index is 0.437. The van der Waals surface area contributed by atoms with E-state index in [4.69, 9.17) is 0 Å². The van der Waals surface area contributed by atoms with Crippen LogP contribution in [-0.4, -0.2) is 16.5 Å². The van der Waals surface area contributed by atoms with Crippen molar-refractivity contribution in [1.82, 2.24) is 9.97 Å². The van der Waals surface area contributed by atoms with E-state index in [0.29, 0.717) is 11.5 Å². The van der Waals surface area contributed by atoms with Gasteiger partial charge in [-0.3, -0.25) is 0 Å². The number of rotatable bonds is 5. The van der Waals surface area contributed by atoms with Crippen LogP contribution < -0.4 is 10.6 Å². The Morgan fingerprint density at radius 1 is 1.10 bits per heavy atom. The first-order valence-corrected chi connectivity index (χ1v) is 6.39. The molecule has 0 radical (unpaired) electrons. The number of hydrogen-bond acceptors (Lipinski definition) is 4. The molecule has 106 valence electrons. The van der Waals surface area contributed by atoms with E-state index in [1.54, 1.807) is 0 Å². The number of anilines is 3. The molecule has 0 aliphatic carbocycles. The van der Waals surface area contributed by atoms with Crippen molar-refractivity contribution in [2.24, 2.45) is 0 Å².